The molecule has 1 aromatic heterocycles. The molecule has 0 saturated carbocycles. The minimum absolute atomic E-state index is 0.411. The van der Waals surface area contributed by atoms with E-state index in [2.05, 4.69) is 43.9 Å². The number of thioether (sulfide) groups is 1. The first-order valence-electron chi connectivity index (χ1n) is 8.00. The summed E-state index contributed by atoms with van der Waals surface area (Å²) >= 11 is 1.92. The normalized spacial score (nSPS) is 12.8. The Hall–Kier alpha value is -0.480. The van der Waals surface area contributed by atoms with Crippen molar-refractivity contribution in [2.45, 2.75) is 66.0 Å². The highest BCUT2D eigenvalue weighted by molar-refractivity contribution is 7.98. The van der Waals surface area contributed by atoms with Crippen LogP contribution < -0.4 is 5.32 Å². The summed E-state index contributed by atoms with van der Waals surface area (Å²) in [5.74, 6) is 1.21. The van der Waals surface area contributed by atoms with Gasteiger partial charge in [-0.3, -0.25) is 4.68 Å². The number of nitrogens with one attached hydrogen (secondary N) is 1. The fraction of sp³-hybridized carbons (Fsp3) is 0.812. The van der Waals surface area contributed by atoms with Crippen molar-refractivity contribution in [2.24, 2.45) is 0 Å². The predicted molar refractivity (Wildman–Crippen MR) is 90.7 cm³/mol. The average Bonchev–Trinajstić information content (AvgIpc) is 2.82. The van der Waals surface area contributed by atoms with Crippen LogP contribution in [-0.4, -0.2) is 28.3 Å². The second-order valence-electron chi connectivity index (χ2n) is 5.26. The van der Waals surface area contributed by atoms with Crippen molar-refractivity contribution in [3.8, 4) is 0 Å². The predicted octanol–water partition coefficient (Wildman–Crippen LogP) is 3.82. The molecule has 4 heteroatoms. The first-order valence-corrected chi connectivity index (χ1v) is 9.39. The largest absolute Gasteiger partial charge is 0.310 e. The van der Waals surface area contributed by atoms with Gasteiger partial charge in [0.25, 0.3) is 0 Å². The van der Waals surface area contributed by atoms with Crippen molar-refractivity contribution >= 4 is 11.8 Å². The molecular formula is C16H31N3S. The third kappa shape index (κ3) is 4.52. The maximum atomic E-state index is 4.87. The Morgan fingerprint density at radius 3 is 2.55 bits per heavy atom. The SMILES string of the molecule is CCCNC(C)c1c(CC)nn(CCCSC)c1CC. The van der Waals surface area contributed by atoms with Crippen LogP contribution in [0.5, 0.6) is 0 Å². The number of aryl methyl sites for hydroxylation is 2. The van der Waals surface area contributed by atoms with E-state index in [1.165, 1.54) is 35.5 Å². The molecule has 0 aliphatic rings. The second kappa shape index (κ2) is 9.46. The first kappa shape index (κ1) is 17.6. The fourth-order valence-electron chi connectivity index (χ4n) is 2.71. The van der Waals surface area contributed by atoms with E-state index >= 15 is 0 Å². The Labute approximate surface area is 128 Å². The van der Waals surface area contributed by atoms with Crippen molar-refractivity contribution in [3.05, 3.63) is 17.0 Å². The van der Waals surface area contributed by atoms with Crippen LogP contribution in [0.4, 0.5) is 0 Å². The van der Waals surface area contributed by atoms with E-state index in [0.717, 1.165) is 25.9 Å². The third-order valence-electron chi connectivity index (χ3n) is 3.70. The lowest BCUT2D eigenvalue weighted by atomic mass is 10.0. The topological polar surface area (TPSA) is 29.9 Å². The average molecular weight is 298 g/mol. The monoisotopic (exact) mass is 297 g/mol. The van der Waals surface area contributed by atoms with Crippen molar-refractivity contribution in [2.75, 3.05) is 18.6 Å². The molecule has 0 aromatic carbocycles. The molecule has 0 saturated heterocycles. The molecule has 116 valence electrons. The number of hydrogen-bond acceptors (Lipinski definition) is 3. The van der Waals surface area contributed by atoms with E-state index in [1.807, 2.05) is 11.8 Å². The summed E-state index contributed by atoms with van der Waals surface area (Å²) in [6.07, 6.45) is 6.64. The van der Waals surface area contributed by atoms with Crippen LogP contribution in [-0.2, 0) is 19.4 Å². The maximum absolute atomic E-state index is 4.87. The van der Waals surface area contributed by atoms with E-state index in [1.54, 1.807) is 0 Å². The molecule has 0 spiro atoms. The van der Waals surface area contributed by atoms with Gasteiger partial charge in [-0.1, -0.05) is 20.8 Å². The molecule has 0 bridgehead atoms. The van der Waals surface area contributed by atoms with Crippen molar-refractivity contribution in [1.82, 2.24) is 15.1 Å². The summed E-state index contributed by atoms with van der Waals surface area (Å²) in [6, 6.07) is 0.411. The van der Waals surface area contributed by atoms with Crippen molar-refractivity contribution in [1.29, 1.82) is 0 Å². The van der Waals surface area contributed by atoms with Crippen LogP contribution in [0.1, 0.15) is 63.5 Å². The van der Waals surface area contributed by atoms with Gasteiger partial charge in [-0.2, -0.15) is 16.9 Å². The van der Waals surface area contributed by atoms with E-state index < -0.39 is 0 Å². The van der Waals surface area contributed by atoms with Gasteiger partial charge in [-0.15, -0.1) is 0 Å². The first-order chi connectivity index (χ1) is 9.69. The van der Waals surface area contributed by atoms with Crippen LogP contribution in [0.25, 0.3) is 0 Å². The summed E-state index contributed by atoms with van der Waals surface area (Å²) < 4.78 is 2.26. The lowest BCUT2D eigenvalue weighted by Gasteiger charge is -2.16. The zero-order chi connectivity index (χ0) is 15.0. The lowest BCUT2D eigenvalue weighted by Crippen LogP contribution is -2.21. The fourth-order valence-corrected chi connectivity index (χ4v) is 3.12. The number of nitrogens with zero attached hydrogens (tertiary/aromatic N) is 2. The van der Waals surface area contributed by atoms with Gasteiger partial charge < -0.3 is 5.32 Å². The Kier molecular flexibility index (Phi) is 8.31. The standard InChI is InChI=1S/C16H31N3S/c1-6-10-17-13(4)16-14(7-2)18-19(15(16)8-3)11-9-12-20-5/h13,17H,6-12H2,1-5H3. The van der Waals surface area contributed by atoms with Crippen molar-refractivity contribution < 1.29 is 0 Å². The molecule has 0 aliphatic heterocycles. The molecule has 1 aromatic rings. The van der Waals surface area contributed by atoms with Gasteiger partial charge in [0.05, 0.1) is 5.69 Å². The van der Waals surface area contributed by atoms with Crippen LogP contribution in [0.15, 0.2) is 0 Å². The molecule has 1 unspecified atom stereocenters. The Morgan fingerprint density at radius 2 is 2.00 bits per heavy atom. The molecule has 20 heavy (non-hydrogen) atoms. The second-order valence-corrected chi connectivity index (χ2v) is 6.25. The van der Waals surface area contributed by atoms with E-state index in [9.17, 15) is 0 Å². The summed E-state index contributed by atoms with van der Waals surface area (Å²) in [7, 11) is 0. The van der Waals surface area contributed by atoms with Gasteiger partial charge in [0.2, 0.25) is 0 Å². The zero-order valence-electron chi connectivity index (χ0n) is 13.8. The summed E-state index contributed by atoms with van der Waals surface area (Å²) in [5, 5.41) is 8.49. The van der Waals surface area contributed by atoms with Gasteiger partial charge in [-0.25, -0.2) is 0 Å². The highest BCUT2D eigenvalue weighted by Gasteiger charge is 2.19. The van der Waals surface area contributed by atoms with Crippen LogP contribution >= 0.6 is 11.8 Å². The minimum atomic E-state index is 0.411. The summed E-state index contributed by atoms with van der Waals surface area (Å²) in [5.41, 5.74) is 4.16. The van der Waals surface area contributed by atoms with Crippen molar-refractivity contribution in [3.63, 3.8) is 0 Å². The van der Waals surface area contributed by atoms with Gasteiger partial charge in [0.15, 0.2) is 0 Å². The van der Waals surface area contributed by atoms with Gasteiger partial charge >= 0.3 is 0 Å². The molecule has 0 fully saturated rings. The lowest BCUT2D eigenvalue weighted by molar-refractivity contribution is 0.552. The molecule has 1 N–H and O–H groups in total. The zero-order valence-corrected chi connectivity index (χ0v) is 14.6. The molecular weight excluding hydrogens is 266 g/mol. The molecule has 1 rings (SSSR count). The van der Waals surface area contributed by atoms with Gasteiger partial charge in [0.1, 0.15) is 0 Å². The van der Waals surface area contributed by atoms with E-state index in [-0.39, 0.29) is 0 Å². The van der Waals surface area contributed by atoms with Crippen LogP contribution in [0.3, 0.4) is 0 Å². The molecule has 0 aliphatic carbocycles. The molecule has 0 amide bonds. The Bertz CT molecular complexity index is 387. The Balaban J connectivity index is 2.94. The van der Waals surface area contributed by atoms with E-state index in [4.69, 9.17) is 5.10 Å². The van der Waals surface area contributed by atoms with Crippen LogP contribution in [0, 0.1) is 0 Å². The number of hydrogen-bond donors (Lipinski definition) is 1. The highest BCUT2D eigenvalue weighted by Crippen LogP contribution is 2.24. The Morgan fingerprint density at radius 1 is 1.25 bits per heavy atom. The maximum Gasteiger partial charge on any atom is 0.0672 e. The quantitative estimate of drug-likeness (QED) is 0.666. The van der Waals surface area contributed by atoms with Crippen LogP contribution in [0.2, 0.25) is 0 Å². The number of rotatable bonds is 10. The highest BCUT2D eigenvalue weighted by atomic mass is 32.2. The molecule has 0 radical (unpaired) electrons. The van der Waals surface area contributed by atoms with Gasteiger partial charge in [0, 0.05) is 23.8 Å². The van der Waals surface area contributed by atoms with E-state index in [0.29, 0.717) is 6.04 Å². The summed E-state index contributed by atoms with van der Waals surface area (Å²) in [4.78, 5) is 0. The molecule has 1 atom stereocenters. The smallest absolute Gasteiger partial charge is 0.0672 e. The number of aromatic nitrogens is 2. The summed E-state index contributed by atoms with van der Waals surface area (Å²) in [6.45, 7) is 11.1. The minimum Gasteiger partial charge on any atom is -0.310 e. The third-order valence-corrected chi connectivity index (χ3v) is 4.39. The van der Waals surface area contributed by atoms with Gasteiger partial charge in [-0.05, 0) is 51.2 Å². The molecule has 1 heterocycles. The molecule has 3 nitrogen and oxygen atoms in total.